The number of nitrogens with zero attached hydrogens (tertiary/aromatic N) is 1. The van der Waals surface area contributed by atoms with Crippen molar-refractivity contribution in [2.75, 3.05) is 25.1 Å². The minimum absolute atomic E-state index is 0.170. The average molecular weight is 477 g/mol. The van der Waals surface area contributed by atoms with E-state index < -0.39 is 23.6 Å². The Labute approximate surface area is 190 Å². The summed E-state index contributed by atoms with van der Waals surface area (Å²) in [5.41, 5.74) is 0.907. The Hall–Kier alpha value is -3.60. The van der Waals surface area contributed by atoms with E-state index >= 15 is 0 Å². The number of nitrogens with one attached hydrogen (secondary N) is 2. The van der Waals surface area contributed by atoms with E-state index in [9.17, 15) is 22.8 Å². The van der Waals surface area contributed by atoms with Gasteiger partial charge in [0.2, 0.25) is 0 Å². The molecule has 1 aliphatic heterocycles. The number of halogens is 3. The highest BCUT2D eigenvalue weighted by Gasteiger charge is 2.30. The fourth-order valence-corrected chi connectivity index (χ4v) is 3.91. The lowest BCUT2D eigenvalue weighted by Crippen LogP contribution is -2.36. The normalized spacial score (nSPS) is 12.8. The maximum atomic E-state index is 12.7. The van der Waals surface area contributed by atoms with Crippen molar-refractivity contribution >= 4 is 28.8 Å². The van der Waals surface area contributed by atoms with E-state index in [-0.39, 0.29) is 6.54 Å². The van der Waals surface area contributed by atoms with Gasteiger partial charge in [0.15, 0.2) is 11.5 Å². The van der Waals surface area contributed by atoms with Gasteiger partial charge in [-0.2, -0.15) is 13.2 Å². The van der Waals surface area contributed by atoms with E-state index in [4.69, 9.17) is 9.47 Å². The number of anilines is 1. The molecule has 0 unspecified atom stereocenters. The number of ether oxygens (including phenoxy) is 2. The van der Waals surface area contributed by atoms with E-state index in [0.717, 1.165) is 12.1 Å². The molecule has 3 aromatic rings. The SMILES string of the molecule is O=C(NCCc1csc(-c2ccc(C(F)(F)F)cc2)n1)C(=O)Nc1ccc2c(c1)OCCO2. The fraction of sp³-hybridized carbons (Fsp3) is 0.227. The van der Waals surface area contributed by atoms with Crippen LogP contribution in [-0.4, -0.2) is 36.6 Å². The quantitative estimate of drug-likeness (QED) is 0.544. The molecule has 4 rings (SSSR count). The lowest BCUT2D eigenvalue weighted by atomic mass is 10.1. The molecule has 7 nitrogen and oxygen atoms in total. The first kappa shape index (κ1) is 22.6. The summed E-state index contributed by atoms with van der Waals surface area (Å²) in [5, 5.41) is 7.35. The third-order valence-corrected chi connectivity index (χ3v) is 5.62. The first-order chi connectivity index (χ1) is 15.8. The summed E-state index contributed by atoms with van der Waals surface area (Å²) in [4.78, 5) is 28.6. The Morgan fingerprint density at radius 3 is 2.45 bits per heavy atom. The summed E-state index contributed by atoms with van der Waals surface area (Å²) in [6, 6.07) is 9.60. The fourth-order valence-electron chi connectivity index (χ4n) is 3.05. The summed E-state index contributed by atoms with van der Waals surface area (Å²) in [7, 11) is 0. The monoisotopic (exact) mass is 477 g/mol. The summed E-state index contributed by atoms with van der Waals surface area (Å²) < 4.78 is 48.9. The molecule has 2 heterocycles. The molecule has 0 atom stereocenters. The number of aromatic nitrogens is 1. The Morgan fingerprint density at radius 2 is 1.73 bits per heavy atom. The number of benzene rings is 2. The number of hydrogen-bond donors (Lipinski definition) is 2. The number of carbonyl (C=O) groups excluding carboxylic acids is 2. The van der Waals surface area contributed by atoms with Crippen LogP contribution in [0.5, 0.6) is 11.5 Å². The van der Waals surface area contributed by atoms with Crippen molar-refractivity contribution in [3.05, 3.63) is 59.1 Å². The molecule has 0 bridgehead atoms. The number of amides is 2. The lowest BCUT2D eigenvalue weighted by molar-refractivity contribution is -0.137. The van der Waals surface area contributed by atoms with Crippen LogP contribution in [0.15, 0.2) is 47.8 Å². The van der Waals surface area contributed by atoms with Gasteiger partial charge in [0.1, 0.15) is 18.2 Å². The summed E-state index contributed by atoms with van der Waals surface area (Å²) in [6.07, 6.45) is -4.03. The van der Waals surface area contributed by atoms with Crippen LogP contribution in [0.2, 0.25) is 0 Å². The minimum atomic E-state index is -4.39. The zero-order valence-corrected chi connectivity index (χ0v) is 17.9. The molecule has 1 aliphatic rings. The first-order valence-electron chi connectivity index (χ1n) is 9.90. The molecule has 0 radical (unpaired) electrons. The van der Waals surface area contributed by atoms with Crippen molar-refractivity contribution in [1.82, 2.24) is 10.3 Å². The van der Waals surface area contributed by atoms with Gasteiger partial charge >= 0.3 is 18.0 Å². The predicted octanol–water partition coefficient (Wildman–Crippen LogP) is 3.90. The summed E-state index contributed by atoms with van der Waals surface area (Å²) in [6.45, 7) is 1.03. The number of carbonyl (C=O) groups is 2. The maximum Gasteiger partial charge on any atom is 0.416 e. The van der Waals surface area contributed by atoms with Gasteiger partial charge in [0.25, 0.3) is 0 Å². The zero-order valence-electron chi connectivity index (χ0n) is 17.1. The largest absolute Gasteiger partial charge is 0.486 e. The number of hydrogen-bond acceptors (Lipinski definition) is 6. The van der Waals surface area contributed by atoms with Crippen LogP contribution < -0.4 is 20.1 Å². The van der Waals surface area contributed by atoms with Crippen LogP contribution in [-0.2, 0) is 22.2 Å². The van der Waals surface area contributed by atoms with Crippen LogP contribution in [0.1, 0.15) is 11.3 Å². The molecule has 2 aromatic carbocycles. The number of rotatable bonds is 5. The van der Waals surface area contributed by atoms with E-state index in [1.165, 1.54) is 23.5 Å². The van der Waals surface area contributed by atoms with Crippen LogP contribution in [0.4, 0.5) is 18.9 Å². The molecular weight excluding hydrogens is 459 g/mol. The molecule has 11 heteroatoms. The molecule has 0 aliphatic carbocycles. The highest BCUT2D eigenvalue weighted by molar-refractivity contribution is 7.13. The zero-order chi connectivity index (χ0) is 23.4. The molecule has 33 heavy (non-hydrogen) atoms. The van der Waals surface area contributed by atoms with Gasteiger partial charge in [-0.1, -0.05) is 12.1 Å². The Kier molecular flexibility index (Phi) is 6.50. The van der Waals surface area contributed by atoms with Crippen molar-refractivity contribution in [2.45, 2.75) is 12.6 Å². The first-order valence-corrected chi connectivity index (χ1v) is 10.8. The van der Waals surface area contributed by atoms with Gasteiger partial charge < -0.3 is 20.1 Å². The van der Waals surface area contributed by atoms with Crippen molar-refractivity contribution in [3.8, 4) is 22.1 Å². The third-order valence-electron chi connectivity index (χ3n) is 4.68. The van der Waals surface area contributed by atoms with E-state index in [1.54, 1.807) is 23.6 Å². The molecule has 1 aromatic heterocycles. The maximum absolute atomic E-state index is 12.7. The summed E-state index contributed by atoms with van der Waals surface area (Å²) in [5.74, 6) is -0.562. The standard InChI is InChI=1S/C22H18F3N3O4S/c23-22(24,25)14-3-1-13(2-4-14)21-28-16(12-33-21)7-8-26-19(29)20(30)27-15-5-6-17-18(11-15)32-10-9-31-17/h1-6,11-12H,7-10H2,(H,26,29)(H,27,30). The van der Waals surface area contributed by atoms with E-state index in [2.05, 4.69) is 15.6 Å². The van der Waals surface area contributed by atoms with Crippen molar-refractivity contribution < 1.29 is 32.2 Å². The highest BCUT2D eigenvalue weighted by Crippen LogP contribution is 2.33. The van der Waals surface area contributed by atoms with E-state index in [0.29, 0.717) is 53.1 Å². The van der Waals surface area contributed by atoms with Gasteiger partial charge in [-0.3, -0.25) is 9.59 Å². The topological polar surface area (TPSA) is 89.6 Å². The smallest absolute Gasteiger partial charge is 0.416 e. The Bertz CT molecular complexity index is 1160. The van der Waals surface area contributed by atoms with Crippen molar-refractivity contribution in [1.29, 1.82) is 0 Å². The number of alkyl halides is 3. The number of fused-ring (bicyclic) bond motifs is 1. The molecule has 0 saturated carbocycles. The van der Waals surface area contributed by atoms with Crippen LogP contribution in [0.25, 0.3) is 10.6 Å². The van der Waals surface area contributed by atoms with Gasteiger partial charge in [-0.05, 0) is 24.3 Å². The lowest BCUT2D eigenvalue weighted by Gasteiger charge is -2.18. The second-order valence-electron chi connectivity index (χ2n) is 7.04. The predicted molar refractivity (Wildman–Crippen MR) is 115 cm³/mol. The molecule has 0 spiro atoms. The van der Waals surface area contributed by atoms with Crippen LogP contribution in [0, 0.1) is 0 Å². The Morgan fingerprint density at radius 1 is 1.00 bits per heavy atom. The minimum Gasteiger partial charge on any atom is -0.486 e. The van der Waals surface area contributed by atoms with Gasteiger partial charge in [-0.25, -0.2) is 4.98 Å². The highest BCUT2D eigenvalue weighted by atomic mass is 32.1. The molecule has 0 fully saturated rings. The van der Waals surface area contributed by atoms with Gasteiger partial charge in [0, 0.05) is 35.7 Å². The van der Waals surface area contributed by atoms with Crippen LogP contribution >= 0.6 is 11.3 Å². The van der Waals surface area contributed by atoms with Crippen LogP contribution in [0.3, 0.4) is 0 Å². The van der Waals surface area contributed by atoms with Gasteiger partial charge in [-0.15, -0.1) is 11.3 Å². The second kappa shape index (κ2) is 9.49. The van der Waals surface area contributed by atoms with Crippen molar-refractivity contribution in [3.63, 3.8) is 0 Å². The second-order valence-corrected chi connectivity index (χ2v) is 7.90. The van der Waals surface area contributed by atoms with E-state index in [1.807, 2.05) is 0 Å². The molecule has 2 amide bonds. The van der Waals surface area contributed by atoms with Crippen molar-refractivity contribution in [2.24, 2.45) is 0 Å². The molecule has 2 N–H and O–H groups in total. The van der Waals surface area contributed by atoms with Gasteiger partial charge in [0.05, 0.1) is 11.3 Å². The average Bonchev–Trinajstić information content (AvgIpc) is 3.27. The molecule has 172 valence electrons. The third kappa shape index (κ3) is 5.61. The Balaban J connectivity index is 1.27. The number of thiazole rings is 1. The molecular formula is C22H18F3N3O4S. The molecule has 0 saturated heterocycles. The summed E-state index contributed by atoms with van der Waals surface area (Å²) >= 11 is 1.29.